The van der Waals surface area contributed by atoms with E-state index >= 15 is 0 Å². The summed E-state index contributed by atoms with van der Waals surface area (Å²) in [6, 6.07) is 42.3. The number of anilines is 1. The molecule has 0 unspecified atom stereocenters. The second kappa shape index (κ2) is 13.1. The molecule has 0 radical (unpaired) electrons. The molecule has 49 heavy (non-hydrogen) atoms. The van der Waals surface area contributed by atoms with Crippen molar-refractivity contribution >= 4 is 39.0 Å². The molecule has 1 aliphatic rings. The molecule has 3 aromatic carbocycles. The van der Waals surface area contributed by atoms with E-state index in [0.717, 1.165) is 56.0 Å². The first-order valence-corrected chi connectivity index (χ1v) is 15.9. The summed E-state index contributed by atoms with van der Waals surface area (Å²) in [5.74, 6) is 0. The Morgan fingerprint density at radius 1 is 0.531 bits per heavy atom. The molecule has 0 saturated heterocycles. The van der Waals surface area contributed by atoms with Crippen LogP contribution in [0, 0.1) is 5.41 Å². The first kappa shape index (κ1) is 29.5. The van der Waals surface area contributed by atoms with Gasteiger partial charge in [0.1, 0.15) is 5.71 Å². The summed E-state index contributed by atoms with van der Waals surface area (Å²) in [7, 11) is 0. The number of hydrazone groups is 1. The van der Waals surface area contributed by atoms with Crippen molar-refractivity contribution in [1.29, 1.82) is 5.41 Å². The molecule has 7 aromatic rings. The van der Waals surface area contributed by atoms with Gasteiger partial charge in [0.2, 0.25) is 0 Å². The topological polar surface area (TPSA) is 99.8 Å². The highest BCUT2D eigenvalue weighted by atomic mass is 15.3. The Bertz CT molecular complexity index is 2420. The third-order valence-corrected chi connectivity index (χ3v) is 8.39. The molecule has 0 bridgehead atoms. The lowest BCUT2D eigenvalue weighted by Gasteiger charge is -2.19. The highest BCUT2D eigenvalue weighted by Gasteiger charge is 2.23. The summed E-state index contributed by atoms with van der Waals surface area (Å²) in [5, 5.41) is 16.5. The molecule has 1 aliphatic carbocycles. The Morgan fingerprint density at radius 2 is 1.14 bits per heavy atom. The smallest absolute Gasteiger partial charge is 0.118 e. The van der Waals surface area contributed by atoms with Crippen molar-refractivity contribution in [3.63, 3.8) is 0 Å². The zero-order chi connectivity index (χ0) is 33.0. The van der Waals surface area contributed by atoms with Gasteiger partial charge in [0, 0.05) is 52.6 Å². The van der Waals surface area contributed by atoms with Crippen LogP contribution in [-0.4, -0.2) is 31.4 Å². The van der Waals surface area contributed by atoms with Gasteiger partial charge in [-0.3, -0.25) is 20.8 Å². The summed E-state index contributed by atoms with van der Waals surface area (Å²) >= 11 is 0. The lowest BCUT2D eigenvalue weighted by molar-refractivity contribution is 1.24. The molecule has 8 rings (SSSR count). The maximum Gasteiger partial charge on any atom is 0.118 e. The second-order valence-corrected chi connectivity index (χ2v) is 11.5. The number of hydrogen-bond acceptors (Lipinski definition) is 7. The maximum atomic E-state index is 9.27. The molecule has 7 heteroatoms. The molecule has 0 atom stereocenters. The second-order valence-electron chi connectivity index (χ2n) is 11.5. The van der Waals surface area contributed by atoms with Crippen molar-refractivity contribution in [3.8, 4) is 33.6 Å². The van der Waals surface area contributed by atoms with Crippen LogP contribution in [0.15, 0.2) is 169 Å². The fourth-order valence-electron chi connectivity index (χ4n) is 6.02. The minimum Gasteiger partial charge on any atom is -0.299 e. The van der Waals surface area contributed by atoms with E-state index in [-0.39, 0.29) is 5.71 Å². The van der Waals surface area contributed by atoms with Gasteiger partial charge in [0.15, 0.2) is 0 Å². The van der Waals surface area contributed by atoms with Gasteiger partial charge in [-0.05, 0) is 83.1 Å². The number of nitrogens with one attached hydrogen (secondary N) is 2. The Labute approximate surface area is 283 Å². The molecule has 7 nitrogen and oxygen atoms in total. The van der Waals surface area contributed by atoms with Gasteiger partial charge in [-0.15, -0.1) is 0 Å². The van der Waals surface area contributed by atoms with Crippen molar-refractivity contribution in [1.82, 2.24) is 19.9 Å². The van der Waals surface area contributed by atoms with Crippen LogP contribution in [-0.2, 0) is 0 Å². The molecule has 232 valence electrons. The van der Waals surface area contributed by atoms with Crippen molar-refractivity contribution < 1.29 is 0 Å². The molecule has 0 amide bonds. The van der Waals surface area contributed by atoms with E-state index in [2.05, 4.69) is 63.9 Å². The predicted molar refractivity (Wildman–Crippen MR) is 199 cm³/mol. The van der Waals surface area contributed by atoms with Gasteiger partial charge in [-0.2, -0.15) is 5.10 Å². The van der Waals surface area contributed by atoms with Gasteiger partial charge in [0.05, 0.1) is 34.2 Å². The van der Waals surface area contributed by atoms with E-state index in [1.54, 1.807) is 30.9 Å². The number of nitrogens with zero attached hydrogens (tertiary/aromatic N) is 5. The Morgan fingerprint density at radius 3 is 1.90 bits per heavy atom. The third-order valence-electron chi connectivity index (χ3n) is 8.39. The largest absolute Gasteiger partial charge is 0.299 e. The summed E-state index contributed by atoms with van der Waals surface area (Å²) in [5.41, 5.74) is 13.3. The van der Waals surface area contributed by atoms with Crippen LogP contribution in [0.3, 0.4) is 0 Å². The molecule has 0 spiro atoms. The lowest BCUT2D eigenvalue weighted by atomic mass is 9.91. The lowest BCUT2D eigenvalue weighted by Crippen LogP contribution is -2.20. The molecular formula is C42H29N7. The molecule has 4 heterocycles. The molecule has 0 fully saturated rings. The average molecular weight is 632 g/mol. The number of allylic oxidation sites excluding steroid dienone is 4. The van der Waals surface area contributed by atoms with Crippen molar-refractivity contribution in [2.45, 2.75) is 0 Å². The number of pyridine rings is 4. The van der Waals surface area contributed by atoms with E-state index in [9.17, 15) is 5.41 Å². The zero-order valence-electron chi connectivity index (χ0n) is 26.3. The summed E-state index contributed by atoms with van der Waals surface area (Å²) in [6.45, 7) is 0. The molecule has 4 aromatic heterocycles. The number of rotatable bonds is 7. The molecule has 0 aliphatic heterocycles. The van der Waals surface area contributed by atoms with E-state index in [1.807, 2.05) is 84.9 Å². The van der Waals surface area contributed by atoms with Crippen LogP contribution in [0.4, 0.5) is 5.69 Å². The van der Waals surface area contributed by atoms with Crippen LogP contribution in [0.2, 0.25) is 0 Å². The van der Waals surface area contributed by atoms with Crippen molar-refractivity contribution in [2.24, 2.45) is 5.10 Å². The minimum atomic E-state index is 0.241. The first-order chi connectivity index (χ1) is 24.2. The van der Waals surface area contributed by atoms with Gasteiger partial charge in [-0.25, -0.2) is 9.97 Å². The van der Waals surface area contributed by atoms with Crippen molar-refractivity contribution in [3.05, 3.63) is 176 Å². The molecule has 0 saturated carbocycles. The van der Waals surface area contributed by atoms with Gasteiger partial charge in [-0.1, -0.05) is 72.8 Å². The van der Waals surface area contributed by atoms with E-state index in [4.69, 9.17) is 15.1 Å². The summed E-state index contributed by atoms with van der Waals surface area (Å²) < 4.78 is 0. The number of para-hydroxylation sites is 1. The van der Waals surface area contributed by atoms with Crippen LogP contribution >= 0.6 is 0 Å². The fraction of sp³-hybridized carbons (Fsp3) is 0. The monoisotopic (exact) mass is 631 g/mol. The maximum absolute atomic E-state index is 9.27. The minimum absolute atomic E-state index is 0.241. The quantitative estimate of drug-likeness (QED) is 0.135. The summed E-state index contributed by atoms with van der Waals surface area (Å²) in [4.78, 5) is 18.5. The highest BCUT2D eigenvalue weighted by molar-refractivity contribution is 6.62. The SMILES string of the molecule is N=C1C=C(c2cccc(-c3cccnc3)n2)C=C(c2cccc(-c3cccnc3)n2)C1=NNc1ccccc1-c1cccc2ccccc12. The van der Waals surface area contributed by atoms with Gasteiger partial charge < -0.3 is 0 Å². The standard InChI is InChI=1S/C42H29N7/c43-36-25-31(39-20-6-18-37(46-39)29-12-8-22-44-26-29)24-35(40-21-7-19-38(47-40)30-13-9-23-45-27-30)42(36)49-48-41-17-4-3-15-34(41)33-16-5-11-28-10-1-2-14-32(28)33/h1-27,43,48H. The number of hydrogen-bond donors (Lipinski definition) is 2. The number of fused-ring (bicyclic) bond motifs is 1. The van der Waals surface area contributed by atoms with Crippen LogP contribution < -0.4 is 5.43 Å². The average Bonchev–Trinajstić information content (AvgIpc) is 3.18. The fourth-order valence-corrected chi connectivity index (χ4v) is 6.02. The number of benzene rings is 3. The van der Waals surface area contributed by atoms with Crippen LogP contribution in [0.1, 0.15) is 11.4 Å². The highest BCUT2D eigenvalue weighted by Crippen LogP contribution is 2.35. The van der Waals surface area contributed by atoms with Crippen LogP contribution in [0.5, 0.6) is 0 Å². The molecule has 2 N–H and O–H groups in total. The van der Waals surface area contributed by atoms with E-state index in [1.165, 1.54) is 5.39 Å². The normalized spacial score (nSPS) is 13.6. The zero-order valence-corrected chi connectivity index (χ0v) is 26.3. The van der Waals surface area contributed by atoms with E-state index in [0.29, 0.717) is 17.0 Å². The van der Waals surface area contributed by atoms with Crippen LogP contribution in [0.25, 0.3) is 55.6 Å². The molecular weight excluding hydrogens is 603 g/mol. The first-order valence-electron chi connectivity index (χ1n) is 15.9. The Hall–Kier alpha value is -6.86. The Balaban J connectivity index is 1.22. The predicted octanol–water partition coefficient (Wildman–Crippen LogP) is 9.39. The van der Waals surface area contributed by atoms with E-state index < -0.39 is 0 Å². The van der Waals surface area contributed by atoms with Gasteiger partial charge in [0.25, 0.3) is 0 Å². The number of aromatic nitrogens is 4. The van der Waals surface area contributed by atoms with Crippen molar-refractivity contribution in [2.75, 3.05) is 5.43 Å². The summed E-state index contributed by atoms with van der Waals surface area (Å²) in [6.07, 6.45) is 10.9. The van der Waals surface area contributed by atoms with Gasteiger partial charge >= 0.3 is 0 Å². The third kappa shape index (κ3) is 6.04. The Kier molecular flexibility index (Phi) is 7.89.